The van der Waals surface area contributed by atoms with Crippen LogP contribution < -0.4 is 5.32 Å². The summed E-state index contributed by atoms with van der Waals surface area (Å²) >= 11 is 0. The van der Waals surface area contributed by atoms with Crippen molar-refractivity contribution >= 4 is 10.9 Å². The third-order valence-corrected chi connectivity index (χ3v) is 3.35. The van der Waals surface area contributed by atoms with Gasteiger partial charge < -0.3 is 10.1 Å². The molecule has 1 aromatic heterocycles. The van der Waals surface area contributed by atoms with Crippen LogP contribution in [-0.4, -0.2) is 24.7 Å². The van der Waals surface area contributed by atoms with Crippen LogP contribution in [0.4, 0.5) is 0 Å². The first kappa shape index (κ1) is 14.0. The molecule has 2 rings (SSSR count). The number of aryl methyl sites for hydroxylation is 1. The molecule has 0 aliphatic carbocycles. The third kappa shape index (κ3) is 3.75. The van der Waals surface area contributed by atoms with E-state index in [2.05, 4.69) is 47.6 Å². The summed E-state index contributed by atoms with van der Waals surface area (Å²) in [6.07, 6.45) is 1.07. The van der Waals surface area contributed by atoms with Gasteiger partial charge in [0.05, 0.1) is 12.1 Å². The monoisotopic (exact) mass is 258 g/mol. The minimum atomic E-state index is 0.414. The van der Waals surface area contributed by atoms with Gasteiger partial charge >= 0.3 is 0 Å². The van der Waals surface area contributed by atoms with Gasteiger partial charge in [0.2, 0.25) is 0 Å². The van der Waals surface area contributed by atoms with E-state index in [9.17, 15) is 0 Å². The van der Waals surface area contributed by atoms with Crippen molar-refractivity contribution in [3.05, 3.63) is 41.6 Å². The lowest BCUT2D eigenvalue weighted by Gasteiger charge is -2.16. The zero-order valence-corrected chi connectivity index (χ0v) is 11.9. The molecule has 0 bridgehead atoms. The molecule has 0 saturated heterocycles. The van der Waals surface area contributed by atoms with Gasteiger partial charge in [0.15, 0.2) is 0 Å². The number of aromatic nitrogens is 1. The maximum atomic E-state index is 5.19. The molecule has 102 valence electrons. The van der Waals surface area contributed by atoms with Crippen LogP contribution >= 0.6 is 0 Å². The number of hydrogen-bond donors (Lipinski definition) is 1. The van der Waals surface area contributed by atoms with E-state index in [1.165, 1.54) is 10.9 Å². The molecule has 1 N–H and O–H groups in total. The Labute approximate surface area is 115 Å². The van der Waals surface area contributed by atoms with Crippen LogP contribution in [-0.2, 0) is 11.3 Å². The Morgan fingerprint density at radius 3 is 2.84 bits per heavy atom. The molecule has 0 saturated carbocycles. The molecule has 0 spiro atoms. The molecule has 19 heavy (non-hydrogen) atoms. The molecule has 2 aromatic rings. The molecule has 0 aliphatic heterocycles. The summed E-state index contributed by atoms with van der Waals surface area (Å²) in [6.45, 7) is 5.81. The van der Waals surface area contributed by atoms with E-state index in [-0.39, 0.29) is 0 Å². The summed E-state index contributed by atoms with van der Waals surface area (Å²) in [6, 6.07) is 11.0. The van der Waals surface area contributed by atoms with Crippen molar-refractivity contribution in [2.45, 2.75) is 32.9 Å². The Morgan fingerprint density at radius 1 is 1.26 bits per heavy atom. The average Bonchev–Trinajstić information content (AvgIpc) is 2.43. The standard InChI is InChI=1S/C16H22N2O/c1-4-15(11-19-3)17-10-13-6-8-16-14(9-13)7-5-12(2)18-16/h5-9,15,17H,4,10-11H2,1-3H3. The molecule has 3 nitrogen and oxygen atoms in total. The number of fused-ring (bicyclic) bond motifs is 1. The van der Waals surface area contributed by atoms with Crippen LogP contribution in [0.2, 0.25) is 0 Å². The van der Waals surface area contributed by atoms with Crippen LogP contribution in [0.25, 0.3) is 10.9 Å². The van der Waals surface area contributed by atoms with Crippen LogP contribution in [0, 0.1) is 6.92 Å². The molecule has 3 heteroatoms. The Bertz CT molecular complexity index is 539. The van der Waals surface area contributed by atoms with Gasteiger partial charge in [-0.05, 0) is 37.1 Å². The highest BCUT2D eigenvalue weighted by molar-refractivity contribution is 5.79. The lowest BCUT2D eigenvalue weighted by atomic mass is 10.1. The average molecular weight is 258 g/mol. The SMILES string of the molecule is CCC(COC)NCc1ccc2nc(C)ccc2c1. The number of pyridine rings is 1. The number of hydrogen-bond acceptors (Lipinski definition) is 3. The number of ether oxygens (including phenoxy) is 1. The zero-order chi connectivity index (χ0) is 13.7. The fourth-order valence-electron chi connectivity index (χ4n) is 2.17. The first-order chi connectivity index (χ1) is 9.22. The summed E-state index contributed by atoms with van der Waals surface area (Å²) in [4.78, 5) is 4.52. The molecule has 1 aromatic carbocycles. The van der Waals surface area contributed by atoms with E-state index < -0.39 is 0 Å². The van der Waals surface area contributed by atoms with E-state index in [1.807, 2.05) is 6.92 Å². The molecular weight excluding hydrogens is 236 g/mol. The molecule has 0 amide bonds. The number of rotatable bonds is 6. The van der Waals surface area contributed by atoms with E-state index in [0.29, 0.717) is 6.04 Å². The summed E-state index contributed by atoms with van der Waals surface area (Å²) < 4.78 is 5.19. The molecule has 0 fully saturated rings. The van der Waals surface area contributed by atoms with Crippen molar-refractivity contribution in [1.82, 2.24) is 10.3 Å². The Hall–Kier alpha value is -1.45. The maximum absolute atomic E-state index is 5.19. The first-order valence-corrected chi connectivity index (χ1v) is 6.81. The number of benzene rings is 1. The fourth-order valence-corrected chi connectivity index (χ4v) is 2.17. The van der Waals surface area contributed by atoms with E-state index >= 15 is 0 Å². The van der Waals surface area contributed by atoms with Gasteiger partial charge in [0.25, 0.3) is 0 Å². The fraction of sp³-hybridized carbons (Fsp3) is 0.438. The summed E-state index contributed by atoms with van der Waals surface area (Å²) in [5, 5.41) is 4.72. The third-order valence-electron chi connectivity index (χ3n) is 3.35. The minimum Gasteiger partial charge on any atom is -0.383 e. The van der Waals surface area contributed by atoms with Crippen molar-refractivity contribution < 1.29 is 4.74 Å². The summed E-state index contributed by atoms with van der Waals surface area (Å²) in [5.74, 6) is 0. The van der Waals surface area contributed by atoms with E-state index in [4.69, 9.17) is 4.74 Å². The van der Waals surface area contributed by atoms with Crippen LogP contribution in [0.15, 0.2) is 30.3 Å². The topological polar surface area (TPSA) is 34.1 Å². The normalized spacial score (nSPS) is 12.8. The van der Waals surface area contributed by atoms with Crippen molar-refractivity contribution in [2.75, 3.05) is 13.7 Å². The largest absolute Gasteiger partial charge is 0.383 e. The second-order valence-electron chi connectivity index (χ2n) is 4.92. The Morgan fingerprint density at radius 2 is 2.11 bits per heavy atom. The summed E-state index contributed by atoms with van der Waals surface area (Å²) in [5.41, 5.74) is 3.41. The quantitative estimate of drug-likeness (QED) is 0.864. The lowest BCUT2D eigenvalue weighted by Crippen LogP contribution is -2.31. The maximum Gasteiger partial charge on any atom is 0.0705 e. The lowest BCUT2D eigenvalue weighted by molar-refractivity contribution is 0.164. The van der Waals surface area contributed by atoms with Gasteiger partial charge in [0.1, 0.15) is 0 Å². The second-order valence-corrected chi connectivity index (χ2v) is 4.92. The number of nitrogens with one attached hydrogen (secondary N) is 1. The van der Waals surface area contributed by atoms with Gasteiger partial charge in [-0.25, -0.2) is 0 Å². The summed E-state index contributed by atoms with van der Waals surface area (Å²) in [7, 11) is 1.74. The van der Waals surface area contributed by atoms with Gasteiger partial charge in [-0.2, -0.15) is 0 Å². The van der Waals surface area contributed by atoms with Gasteiger partial charge in [-0.1, -0.05) is 19.1 Å². The minimum absolute atomic E-state index is 0.414. The number of methoxy groups -OCH3 is 1. The smallest absolute Gasteiger partial charge is 0.0705 e. The van der Waals surface area contributed by atoms with E-state index in [1.54, 1.807) is 7.11 Å². The van der Waals surface area contributed by atoms with Gasteiger partial charge in [-0.3, -0.25) is 4.98 Å². The molecule has 0 aliphatic rings. The van der Waals surface area contributed by atoms with Gasteiger partial charge in [-0.15, -0.1) is 0 Å². The predicted molar refractivity (Wildman–Crippen MR) is 79.3 cm³/mol. The predicted octanol–water partition coefficient (Wildman–Crippen LogP) is 3.06. The first-order valence-electron chi connectivity index (χ1n) is 6.81. The highest BCUT2D eigenvalue weighted by Gasteiger charge is 2.05. The molecule has 1 heterocycles. The highest BCUT2D eigenvalue weighted by Crippen LogP contribution is 2.15. The van der Waals surface area contributed by atoms with Crippen molar-refractivity contribution in [3.8, 4) is 0 Å². The van der Waals surface area contributed by atoms with Crippen molar-refractivity contribution in [1.29, 1.82) is 0 Å². The van der Waals surface area contributed by atoms with Crippen LogP contribution in [0.3, 0.4) is 0 Å². The Balaban J connectivity index is 2.07. The molecular formula is C16H22N2O. The molecule has 1 unspecified atom stereocenters. The zero-order valence-electron chi connectivity index (χ0n) is 11.9. The molecule has 0 radical (unpaired) electrons. The van der Waals surface area contributed by atoms with Crippen molar-refractivity contribution in [2.24, 2.45) is 0 Å². The molecule has 1 atom stereocenters. The van der Waals surface area contributed by atoms with E-state index in [0.717, 1.165) is 30.8 Å². The van der Waals surface area contributed by atoms with Crippen molar-refractivity contribution in [3.63, 3.8) is 0 Å². The van der Waals surface area contributed by atoms with Gasteiger partial charge in [0, 0.05) is 30.8 Å². The van der Waals surface area contributed by atoms with Crippen LogP contribution in [0.1, 0.15) is 24.6 Å². The second kappa shape index (κ2) is 6.64. The highest BCUT2D eigenvalue weighted by atomic mass is 16.5. The Kier molecular flexibility index (Phi) is 4.88. The van der Waals surface area contributed by atoms with Crippen LogP contribution in [0.5, 0.6) is 0 Å². The number of nitrogens with zero attached hydrogens (tertiary/aromatic N) is 1.